The van der Waals surface area contributed by atoms with E-state index in [0.29, 0.717) is 18.5 Å². The molecule has 5 nitrogen and oxygen atoms in total. The first kappa shape index (κ1) is 18.9. The van der Waals surface area contributed by atoms with Crippen LogP contribution in [0.15, 0.2) is 24.3 Å². The van der Waals surface area contributed by atoms with Gasteiger partial charge in [-0.25, -0.2) is 0 Å². The van der Waals surface area contributed by atoms with Crippen molar-refractivity contribution in [3.63, 3.8) is 0 Å². The Labute approximate surface area is 162 Å². The number of primary amides is 1. The number of amides is 1. The summed E-state index contributed by atoms with van der Waals surface area (Å²) in [6.07, 6.45) is 7.36. The average molecular weight is 372 g/mol. The molecule has 0 saturated carbocycles. The smallest absolute Gasteiger partial charge is 0.231 e. The first-order valence-corrected chi connectivity index (χ1v) is 10.6. The molecule has 1 amide bonds. The minimum atomic E-state index is -0.228. The Bertz CT molecular complexity index is 611. The second-order valence-electron chi connectivity index (χ2n) is 8.61. The zero-order valence-electron chi connectivity index (χ0n) is 16.3. The van der Waals surface area contributed by atoms with Gasteiger partial charge in [0.05, 0.1) is 12.6 Å². The molecule has 2 N–H and O–H groups in total. The van der Waals surface area contributed by atoms with Crippen LogP contribution in [0, 0.1) is 5.92 Å². The maximum atomic E-state index is 11.5. The Morgan fingerprint density at radius 1 is 1.11 bits per heavy atom. The van der Waals surface area contributed by atoms with Gasteiger partial charge in [0, 0.05) is 25.7 Å². The second-order valence-corrected chi connectivity index (χ2v) is 8.61. The number of hydrogen-bond donors (Lipinski definition) is 1. The van der Waals surface area contributed by atoms with Crippen LogP contribution in [0.25, 0.3) is 0 Å². The molecule has 3 aliphatic rings. The highest BCUT2D eigenvalue weighted by molar-refractivity contribution is 5.75. The van der Waals surface area contributed by atoms with Gasteiger partial charge < -0.3 is 10.5 Å². The number of benzene rings is 1. The van der Waals surface area contributed by atoms with Crippen LogP contribution in [-0.4, -0.2) is 67.2 Å². The van der Waals surface area contributed by atoms with Gasteiger partial charge in [-0.15, -0.1) is 0 Å². The van der Waals surface area contributed by atoms with Crippen molar-refractivity contribution in [3.8, 4) is 0 Å². The summed E-state index contributed by atoms with van der Waals surface area (Å²) in [6.45, 7) is 5.39. The Morgan fingerprint density at radius 3 is 2.41 bits per heavy atom. The lowest BCUT2D eigenvalue weighted by atomic mass is 9.94. The largest absolute Gasteiger partial charge is 0.377 e. The van der Waals surface area contributed by atoms with Crippen LogP contribution in [0.1, 0.15) is 36.8 Å². The van der Waals surface area contributed by atoms with E-state index in [1.807, 2.05) is 0 Å². The van der Waals surface area contributed by atoms with Crippen molar-refractivity contribution >= 4 is 5.91 Å². The fourth-order valence-corrected chi connectivity index (χ4v) is 5.16. The minimum absolute atomic E-state index is 0.228. The highest BCUT2D eigenvalue weighted by Gasteiger charge is 2.31. The topological polar surface area (TPSA) is 58.8 Å². The molecule has 1 aromatic rings. The van der Waals surface area contributed by atoms with Gasteiger partial charge in [-0.3, -0.25) is 14.6 Å². The predicted molar refractivity (Wildman–Crippen MR) is 107 cm³/mol. The summed E-state index contributed by atoms with van der Waals surface area (Å²) < 4.78 is 5.77. The Morgan fingerprint density at radius 2 is 1.81 bits per heavy atom. The van der Waals surface area contributed by atoms with Crippen molar-refractivity contribution in [3.05, 3.63) is 35.4 Å². The van der Waals surface area contributed by atoms with E-state index in [-0.39, 0.29) is 12.0 Å². The number of carbonyl (C=O) groups is 1. The zero-order valence-corrected chi connectivity index (χ0v) is 16.3. The highest BCUT2D eigenvalue weighted by Crippen LogP contribution is 2.29. The van der Waals surface area contributed by atoms with Crippen LogP contribution < -0.4 is 5.73 Å². The monoisotopic (exact) mass is 371 g/mol. The molecule has 0 spiro atoms. The normalized spacial score (nSPS) is 24.6. The molecule has 2 heterocycles. The SMILES string of the molecule is NC(=O)CN(CC1CCN(C2Cc3ccccc3C2)CC1)CC1CCCO1. The van der Waals surface area contributed by atoms with Crippen molar-refractivity contribution in [1.29, 1.82) is 0 Å². The van der Waals surface area contributed by atoms with Crippen molar-refractivity contribution in [2.45, 2.75) is 50.7 Å². The molecule has 1 unspecified atom stereocenters. The van der Waals surface area contributed by atoms with Gasteiger partial charge in [0.1, 0.15) is 0 Å². The van der Waals surface area contributed by atoms with Crippen molar-refractivity contribution in [1.82, 2.24) is 9.80 Å². The third-order valence-electron chi connectivity index (χ3n) is 6.58. The summed E-state index contributed by atoms with van der Waals surface area (Å²) >= 11 is 0. The molecule has 4 rings (SSSR count). The second kappa shape index (κ2) is 8.72. The third-order valence-corrected chi connectivity index (χ3v) is 6.58. The Kier molecular flexibility index (Phi) is 6.11. The van der Waals surface area contributed by atoms with Crippen LogP contribution in [0.3, 0.4) is 0 Å². The quantitative estimate of drug-likeness (QED) is 0.794. The number of nitrogens with zero attached hydrogens (tertiary/aromatic N) is 2. The van der Waals surface area contributed by atoms with E-state index in [1.165, 1.54) is 49.9 Å². The Balaban J connectivity index is 1.26. The molecule has 0 aromatic heterocycles. The molecule has 1 aliphatic carbocycles. The first-order valence-electron chi connectivity index (χ1n) is 10.6. The molecule has 2 aliphatic heterocycles. The predicted octanol–water partition coefficient (Wildman–Crippen LogP) is 1.83. The lowest BCUT2D eigenvalue weighted by Crippen LogP contribution is -2.46. The highest BCUT2D eigenvalue weighted by atomic mass is 16.5. The molecule has 2 saturated heterocycles. The molecule has 148 valence electrons. The summed E-state index contributed by atoms with van der Waals surface area (Å²) in [5.74, 6) is 0.430. The fraction of sp³-hybridized carbons (Fsp3) is 0.682. The molecular formula is C22H33N3O2. The number of rotatable bonds is 7. The standard InChI is InChI=1S/C22H33N3O2/c23-22(26)16-24(15-21-6-3-11-27-21)14-17-7-9-25(10-8-17)20-12-18-4-1-2-5-19(18)13-20/h1-2,4-5,17,20-21H,3,6-16H2,(H2,23,26). The van der Waals surface area contributed by atoms with Crippen LogP contribution >= 0.6 is 0 Å². The summed E-state index contributed by atoms with van der Waals surface area (Å²) in [5.41, 5.74) is 8.56. The van der Waals surface area contributed by atoms with Crippen molar-refractivity contribution < 1.29 is 9.53 Å². The third kappa shape index (κ3) is 4.89. The number of likely N-dealkylation sites (tertiary alicyclic amines) is 1. The van der Waals surface area contributed by atoms with Gasteiger partial charge in [-0.05, 0) is 68.7 Å². The lowest BCUT2D eigenvalue weighted by Gasteiger charge is -2.38. The first-order chi connectivity index (χ1) is 13.2. The summed E-state index contributed by atoms with van der Waals surface area (Å²) in [7, 11) is 0. The minimum Gasteiger partial charge on any atom is -0.377 e. The van der Waals surface area contributed by atoms with Gasteiger partial charge in [0.2, 0.25) is 5.91 Å². The van der Waals surface area contributed by atoms with E-state index in [2.05, 4.69) is 34.1 Å². The van der Waals surface area contributed by atoms with E-state index in [0.717, 1.165) is 32.5 Å². The zero-order chi connectivity index (χ0) is 18.6. The number of nitrogens with two attached hydrogens (primary N) is 1. The summed E-state index contributed by atoms with van der Waals surface area (Å²) in [6, 6.07) is 9.57. The number of ether oxygens (including phenoxy) is 1. The number of hydrogen-bond acceptors (Lipinski definition) is 4. The molecule has 0 bridgehead atoms. The summed E-state index contributed by atoms with van der Waals surface area (Å²) in [4.78, 5) is 16.4. The fourth-order valence-electron chi connectivity index (χ4n) is 5.16. The number of piperidine rings is 1. The molecule has 0 radical (unpaired) electrons. The van der Waals surface area contributed by atoms with Gasteiger partial charge in [-0.2, -0.15) is 0 Å². The lowest BCUT2D eigenvalue weighted by molar-refractivity contribution is -0.119. The average Bonchev–Trinajstić information content (AvgIpc) is 3.31. The van der Waals surface area contributed by atoms with E-state index in [4.69, 9.17) is 10.5 Å². The van der Waals surface area contributed by atoms with Gasteiger partial charge in [-0.1, -0.05) is 24.3 Å². The van der Waals surface area contributed by atoms with Crippen molar-refractivity contribution in [2.24, 2.45) is 11.7 Å². The number of fused-ring (bicyclic) bond motifs is 1. The van der Waals surface area contributed by atoms with E-state index < -0.39 is 0 Å². The van der Waals surface area contributed by atoms with Crippen LogP contribution in [0.4, 0.5) is 0 Å². The van der Waals surface area contributed by atoms with Crippen LogP contribution in [0.2, 0.25) is 0 Å². The molecule has 27 heavy (non-hydrogen) atoms. The van der Waals surface area contributed by atoms with Gasteiger partial charge in [0.25, 0.3) is 0 Å². The van der Waals surface area contributed by atoms with Gasteiger partial charge >= 0.3 is 0 Å². The number of carbonyl (C=O) groups excluding carboxylic acids is 1. The van der Waals surface area contributed by atoms with Crippen molar-refractivity contribution in [2.75, 3.05) is 39.3 Å². The van der Waals surface area contributed by atoms with Gasteiger partial charge in [0.15, 0.2) is 0 Å². The maximum Gasteiger partial charge on any atom is 0.231 e. The Hall–Kier alpha value is -1.43. The van der Waals surface area contributed by atoms with E-state index >= 15 is 0 Å². The summed E-state index contributed by atoms with van der Waals surface area (Å²) in [5, 5.41) is 0. The van der Waals surface area contributed by atoms with Crippen LogP contribution in [0.5, 0.6) is 0 Å². The molecule has 1 aromatic carbocycles. The van der Waals surface area contributed by atoms with E-state index in [9.17, 15) is 4.79 Å². The molecule has 5 heteroatoms. The van der Waals surface area contributed by atoms with E-state index in [1.54, 1.807) is 0 Å². The molecular weight excluding hydrogens is 338 g/mol. The van der Waals surface area contributed by atoms with Crippen LogP contribution in [-0.2, 0) is 22.4 Å². The molecule has 1 atom stereocenters. The maximum absolute atomic E-state index is 11.5. The molecule has 2 fully saturated rings.